The van der Waals surface area contributed by atoms with Gasteiger partial charge in [0.05, 0.1) is 0 Å². The summed E-state index contributed by atoms with van der Waals surface area (Å²) in [5, 5.41) is 14.1. The Labute approximate surface area is 112 Å². The summed E-state index contributed by atoms with van der Waals surface area (Å²) in [6.45, 7) is 8.49. The Morgan fingerprint density at radius 3 is 2.72 bits per heavy atom. The van der Waals surface area contributed by atoms with Gasteiger partial charge in [-0.3, -0.25) is 0 Å². The van der Waals surface area contributed by atoms with Gasteiger partial charge in [-0.05, 0) is 32.5 Å². The van der Waals surface area contributed by atoms with Gasteiger partial charge in [0.2, 0.25) is 0 Å². The number of nitrogens with one attached hydrogen (secondary N) is 1. The van der Waals surface area contributed by atoms with Crippen LogP contribution in [0.2, 0.25) is 0 Å². The Kier molecular flexibility index (Phi) is 6.67. The zero-order chi connectivity index (χ0) is 13.4. The van der Waals surface area contributed by atoms with E-state index >= 15 is 0 Å². The Morgan fingerprint density at radius 2 is 2.17 bits per heavy atom. The first kappa shape index (κ1) is 14.9. The van der Waals surface area contributed by atoms with Gasteiger partial charge in [-0.25, -0.2) is 9.78 Å². The first-order chi connectivity index (χ1) is 8.67. The van der Waals surface area contributed by atoms with Crippen molar-refractivity contribution in [2.24, 2.45) is 0 Å². The number of carboxylic acid groups (broad SMARTS) is 1. The highest BCUT2D eigenvalue weighted by atomic mass is 32.1. The number of aromatic carboxylic acids is 1. The maximum absolute atomic E-state index is 10.6. The van der Waals surface area contributed by atoms with E-state index in [2.05, 4.69) is 29.0 Å². The third-order valence-corrected chi connectivity index (χ3v) is 3.60. The van der Waals surface area contributed by atoms with Crippen molar-refractivity contribution in [1.82, 2.24) is 9.88 Å². The van der Waals surface area contributed by atoms with E-state index in [4.69, 9.17) is 5.11 Å². The Bertz CT molecular complexity index is 364. The molecule has 0 atom stereocenters. The van der Waals surface area contributed by atoms with Crippen LogP contribution >= 0.6 is 11.3 Å². The monoisotopic (exact) mass is 271 g/mol. The van der Waals surface area contributed by atoms with E-state index < -0.39 is 5.97 Å². The number of carbonyl (C=O) groups is 1. The molecule has 0 saturated heterocycles. The summed E-state index contributed by atoms with van der Waals surface area (Å²) in [5.74, 6) is -0.971. The molecule has 0 radical (unpaired) electrons. The molecule has 6 heteroatoms. The molecular weight excluding hydrogens is 250 g/mol. The lowest BCUT2D eigenvalue weighted by Crippen LogP contribution is -2.24. The van der Waals surface area contributed by atoms with Crippen LogP contribution in [0.1, 0.15) is 37.2 Å². The van der Waals surface area contributed by atoms with Crippen LogP contribution in [0.3, 0.4) is 0 Å². The van der Waals surface area contributed by atoms with Gasteiger partial charge < -0.3 is 15.3 Å². The predicted molar refractivity (Wildman–Crippen MR) is 74.6 cm³/mol. The summed E-state index contributed by atoms with van der Waals surface area (Å²) >= 11 is 1.34. The molecule has 0 aromatic carbocycles. The lowest BCUT2D eigenvalue weighted by molar-refractivity contribution is 0.0691. The van der Waals surface area contributed by atoms with E-state index in [0.717, 1.165) is 39.0 Å². The molecular formula is C12H21N3O2S. The van der Waals surface area contributed by atoms with E-state index in [1.165, 1.54) is 11.3 Å². The molecule has 102 valence electrons. The lowest BCUT2D eigenvalue weighted by Gasteiger charge is -2.17. The van der Waals surface area contributed by atoms with E-state index in [9.17, 15) is 4.79 Å². The molecule has 1 rings (SSSR count). The van der Waals surface area contributed by atoms with Gasteiger partial charge >= 0.3 is 5.97 Å². The van der Waals surface area contributed by atoms with Crippen LogP contribution < -0.4 is 5.32 Å². The summed E-state index contributed by atoms with van der Waals surface area (Å²) in [4.78, 5) is 17.0. The van der Waals surface area contributed by atoms with Gasteiger partial charge in [0, 0.05) is 11.9 Å². The van der Waals surface area contributed by atoms with Gasteiger partial charge in [0.15, 0.2) is 10.8 Å². The van der Waals surface area contributed by atoms with Crippen molar-refractivity contribution in [3.05, 3.63) is 11.1 Å². The minimum Gasteiger partial charge on any atom is -0.476 e. The average Bonchev–Trinajstić information content (AvgIpc) is 2.83. The van der Waals surface area contributed by atoms with Crippen molar-refractivity contribution in [2.45, 2.75) is 26.7 Å². The van der Waals surface area contributed by atoms with Gasteiger partial charge in [-0.2, -0.15) is 0 Å². The number of nitrogens with zero attached hydrogens (tertiary/aromatic N) is 2. The molecule has 1 aromatic rings. The number of unbranched alkanes of at least 4 members (excludes halogenated alkanes) is 1. The maximum Gasteiger partial charge on any atom is 0.355 e. The first-order valence-electron chi connectivity index (χ1n) is 6.32. The smallest absolute Gasteiger partial charge is 0.355 e. The second-order valence-corrected chi connectivity index (χ2v) is 4.86. The van der Waals surface area contributed by atoms with Crippen LogP contribution in [-0.4, -0.2) is 47.1 Å². The van der Waals surface area contributed by atoms with Crippen molar-refractivity contribution in [3.63, 3.8) is 0 Å². The average molecular weight is 271 g/mol. The fourth-order valence-electron chi connectivity index (χ4n) is 1.65. The topological polar surface area (TPSA) is 65.5 Å². The largest absolute Gasteiger partial charge is 0.476 e. The van der Waals surface area contributed by atoms with Crippen molar-refractivity contribution >= 4 is 22.4 Å². The molecule has 0 saturated carbocycles. The predicted octanol–water partition coefficient (Wildman–Crippen LogP) is 2.38. The van der Waals surface area contributed by atoms with Gasteiger partial charge in [0.25, 0.3) is 0 Å². The highest BCUT2D eigenvalue weighted by Crippen LogP contribution is 2.15. The number of carboxylic acids is 1. The number of thiazole rings is 1. The Balaban J connectivity index is 2.15. The molecule has 18 heavy (non-hydrogen) atoms. The highest BCUT2D eigenvalue weighted by molar-refractivity contribution is 7.13. The second-order valence-electron chi connectivity index (χ2n) is 4.00. The molecule has 0 aliphatic carbocycles. The van der Waals surface area contributed by atoms with Crippen LogP contribution in [0, 0.1) is 0 Å². The highest BCUT2D eigenvalue weighted by Gasteiger charge is 2.07. The standard InChI is InChI=1S/C12H21N3O2S/c1-3-15(4-2)8-6-5-7-13-12-14-10(9-18-12)11(16)17/h9H,3-8H2,1-2H3,(H,13,14)(H,16,17). The van der Waals surface area contributed by atoms with Gasteiger partial charge in [-0.15, -0.1) is 11.3 Å². The minimum absolute atomic E-state index is 0.116. The third-order valence-electron chi connectivity index (χ3n) is 2.80. The molecule has 0 aliphatic rings. The minimum atomic E-state index is -0.971. The van der Waals surface area contributed by atoms with E-state index in [1.54, 1.807) is 5.38 Å². The van der Waals surface area contributed by atoms with Crippen molar-refractivity contribution < 1.29 is 9.90 Å². The third kappa shape index (κ3) is 5.01. The number of rotatable bonds is 9. The summed E-state index contributed by atoms with van der Waals surface area (Å²) in [5.41, 5.74) is 0.116. The summed E-state index contributed by atoms with van der Waals surface area (Å²) < 4.78 is 0. The second kappa shape index (κ2) is 8.05. The van der Waals surface area contributed by atoms with Crippen LogP contribution in [0.5, 0.6) is 0 Å². The fourth-order valence-corrected chi connectivity index (χ4v) is 2.36. The van der Waals surface area contributed by atoms with Gasteiger partial charge in [0.1, 0.15) is 0 Å². The zero-order valence-electron chi connectivity index (χ0n) is 11.0. The number of aromatic nitrogens is 1. The molecule has 0 aliphatic heterocycles. The van der Waals surface area contributed by atoms with Crippen LogP contribution in [0.25, 0.3) is 0 Å². The molecule has 0 fully saturated rings. The summed E-state index contributed by atoms with van der Waals surface area (Å²) in [6.07, 6.45) is 2.21. The first-order valence-corrected chi connectivity index (χ1v) is 7.20. The van der Waals surface area contributed by atoms with Gasteiger partial charge in [-0.1, -0.05) is 13.8 Å². The van der Waals surface area contributed by atoms with Crippen LogP contribution in [0.15, 0.2) is 5.38 Å². The molecule has 0 unspecified atom stereocenters. The number of hydrogen-bond acceptors (Lipinski definition) is 5. The molecule has 0 spiro atoms. The number of anilines is 1. The SMILES string of the molecule is CCN(CC)CCCCNc1nc(C(=O)O)cs1. The molecule has 5 nitrogen and oxygen atoms in total. The molecule has 0 bridgehead atoms. The Morgan fingerprint density at radius 1 is 1.44 bits per heavy atom. The quantitative estimate of drug-likeness (QED) is 0.675. The zero-order valence-corrected chi connectivity index (χ0v) is 11.8. The molecule has 2 N–H and O–H groups in total. The van der Waals surface area contributed by atoms with E-state index in [0.29, 0.717) is 5.13 Å². The van der Waals surface area contributed by atoms with Crippen molar-refractivity contribution in [1.29, 1.82) is 0 Å². The van der Waals surface area contributed by atoms with E-state index in [1.807, 2.05) is 0 Å². The number of hydrogen-bond donors (Lipinski definition) is 2. The Hall–Kier alpha value is -1.14. The summed E-state index contributed by atoms with van der Waals surface area (Å²) in [6, 6.07) is 0. The molecule has 1 heterocycles. The van der Waals surface area contributed by atoms with Crippen LogP contribution in [0.4, 0.5) is 5.13 Å². The lowest BCUT2D eigenvalue weighted by atomic mass is 10.3. The summed E-state index contributed by atoms with van der Waals surface area (Å²) in [7, 11) is 0. The van der Waals surface area contributed by atoms with Crippen molar-refractivity contribution in [2.75, 3.05) is 31.5 Å². The normalized spacial score (nSPS) is 10.8. The molecule has 0 amide bonds. The van der Waals surface area contributed by atoms with E-state index in [-0.39, 0.29) is 5.69 Å². The fraction of sp³-hybridized carbons (Fsp3) is 0.667. The van der Waals surface area contributed by atoms with Crippen molar-refractivity contribution in [3.8, 4) is 0 Å². The maximum atomic E-state index is 10.6. The van der Waals surface area contributed by atoms with Crippen LogP contribution in [-0.2, 0) is 0 Å². The molecule has 1 aromatic heterocycles.